The molecule has 0 radical (unpaired) electrons. The van der Waals surface area contributed by atoms with Gasteiger partial charge in [0.1, 0.15) is 11.5 Å². The number of allylic oxidation sites excluding steroid dienone is 12. The summed E-state index contributed by atoms with van der Waals surface area (Å²) in [7, 11) is 0. The summed E-state index contributed by atoms with van der Waals surface area (Å²) in [5.74, 6) is 2.73. The number of benzene rings is 12. The summed E-state index contributed by atoms with van der Waals surface area (Å²) in [6.07, 6.45) is 33.3. The third kappa shape index (κ3) is 10.9. The fourth-order valence-electron chi connectivity index (χ4n) is 18.1. The van der Waals surface area contributed by atoms with Gasteiger partial charge < -0.3 is 24.3 Å². The molecule has 12 aromatic carbocycles. The topological polar surface area (TPSA) is 22.2 Å². The molecule has 0 bridgehead atoms. The number of hydrogen-bond acceptors (Lipinski definition) is 6. The van der Waals surface area contributed by atoms with Gasteiger partial charge in [0.25, 0.3) is 6.71 Å². The maximum atomic E-state index is 7.56. The minimum absolute atomic E-state index is 0.0543. The van der Waals surface area contributed by atoms with Crippen LogP contribution in [0.5, 0.6) is 11.5 Å². The van der Waals surface area contributed by atoms with E-state index in [4.69, 9.17) is 4.74 Å². The Bertz CT molecular complexity index is 5680. The van der Waals surface area contributed by atoms with Crippen molar-refractivity contribution in [2.24, 2.45) is 11.8 Å². The molecule has 4 heterocycles. The number of rotatable bonds is 13. The molecular weight excluding hydrogens is 1290 g/mol. The van der Waals surface area contributed by atoms with Crippen molar-refractivity contribution in [3.05, 3.63) is 362 Å². The number of para-hydroxylation sites is 4. The minimum atomic E-state index is -0.185. The molecule has 2 unspecified atom stereocenters. The van der Waals surface area contributed by atoms with Gasteiger partial charge in [0, 0.05) is 78.1 Å². The molecule has 0 amide bonds. The Morgan fingerprint density at radius 3 is 1.75 bits per heavy atom. The normalized spacial score (nSPS) is 17.0. The highest BCUT2D eigenvalue weighted by Gasteiger charge is 2.48. The molecule has 20 rings (SSSR count). The Morgan fingerprint density at radius 2 is 1.06 bits per heavy atom. The molecule has 8 aliphatic rings. The molecule has 5 nitrogen and oxygen atoms in total. The Labute approximate surface area is 621 Å². The van der Waals surface area contributed by atoms with E-state index in [1.165, 1.54) is 95.9 Å². The van der Waals surface area contributed by atoms with Crippen molar-refractivity contribution >= 4 is 104 Å². The average Bonchev–Trinajstić information content (AvgIpc) is 0.691. The second-order valence-corrected chi connectivity index (χ2v) is 30.1. The van der Waals surface area contributed by atoms with Crippen molar-refractivity contribution in [1.82, 2.24) is 0 Å². The van der Waals surface area contributed by atoms with Crippen LogP contribution >= 0.6 is 11.8 Å². The zero-order chi connectivity index (χ0) is 69.5. The van der Waals surface area contributed by atoms with Gasteiger partial charge in [0.15, 0.2) is 0 Å². The molecule has 4 aliphatic carbocycles. The third-order valence-electron chi connectivity index (χ3n) is 22.9. The van der Waals surface area contributed by atoms with Crippen LogP contribution in [0.2, 0.25) is 0 Å². The first-order valence-corrected chi connectivity index (χ1v) is 38.4. The SMILES string of the molecule is Cc1cccc(-c2ccccc2)c1N1c2cc3c(cc2B2c4ccccc4Oc4cc(N(c5ccc(-c6ccccc6)cc5)c5ccccc5-c5ccccc5)cc1c42)B1C2=C(CCC=C2)N(C2=CCCC=C2)c2cc(N(C4=CCC(C5C=CCCC5)C=C4)c4ccccc4-c4ccccc4)cc(c21)S3. The molecule has 0 fully saturated rings. The monoisotopic (exact) mass is 1370 g/mol. The quantitative estimate of drug-likeness (QED) is 0.0842. The highest BCUT2D eigenvalue weighted by Crippen LogP contribution is 2.54. The molecule has 502 valence electrons. The van der Waals surface area contributed by atoms with Gasteiger partial charge in [-0.15, -0.1) is 0 Å². The van der Waals surface area contributed by atoms with E-state index in [1.54, 1.807) is 0 Å². The Kier molecular flexibility index (Phi) is 15.9. The Hall–Kier alpha value is -11.7. The minimum Gasteiger partial charge on any atom is -0.458 e. The van der Waals surface area contributed by atoms with Crippen LogP contribution in [-0.2, 0) is 0 Å². The lowest BCUT2D eigenvalue weighted by Gasteiger charge is -2.45. The van der Waals surface area contributed by atoms with E-state index < -0.39 is 0 Å². The zero-order valence-electron chi connectivity index (χ0n) is 58.8. The van der Waals surface area contributed by atoms with Crippen LogP contribution in [0.1, 0.15) is 56.9 Å². The van der Waals surface area contributed by atoms with E-state index in [2.05, 4.69) is 360 Å². The highest BCUT2D eigenvalue weighted by atomic mass is 32.2. The van der Waals surface area contributed by atoms with E-state index in [1.807, 2.05) is 11.8 Å². The van der Waals surface area contributed by atoms with Crippen molar-refractivity contribution in [3.63, 3.8) is 0 Å². The van der Waals surface area contributed by atoms with E-state index >= 15 is 0 Å². The fraction of sp³-hybridized carbons (Fsp3) is 0.113. The van der Waals surface area contributed by atoms with Gasteiger partial charge in [0.2, 0.25) is 6.71 Å². The van der Waals surface area contributed by atoms with E-state index in [0.717, 1.165) is 128 Å². The van der Waals surface area contributed by atoms with E-state index in [9.17, 15) is 0 Å². The number of fused-ring (bicyclic) bond motifs is 7. The predicted molar refractivity (Wildman–Crippen MR) is 444 cm³/mol. The first-order valence-electron chi connectivity index (χ1n) is 37.6. The van der Waals surface area contributed by atoms with Crippen molar-refractivity contribution in [1.29, 1.82) is 0 Å². The molecule has 105 heavy (non-hydrogen) atoms. The molecule has 8 heteroatoms. The largest absolute Gasteiger partial charge is 0.458 e. The number of ether oxygens (including phenoxy) is 1. The molecule has 4 aliphatic heterocycles. The zero-order valence-corrected chi connectivity index (χ0v) is 59.6. The van der Waals surface area contributed by atoms with Crippen molar-refractivity contribution in [2.75, 3.05) is 19.6 Å². The van der Waals surface area contributed by atoms with Gasteiger partial charge in [-0.25, -0.2) is 0 Å². The third-order valence-corrected chi connectivity index (χ3v) is 24.1. The maximum absolute atomic E-state index is 7.56. The fourth-order valence-corrected chi connectivity index (χ4v) is 19.3. The molecule has 0 N–H and O–H groups in total. The van der Waals surface area contributed by atoms with Crippen molar-refractivity contribution < 1.29 is 4.74 Å². The number of nitrogens with zero attached hydrogens (tertiary/aromatic N) is 4. The predicted octanol–water partition coefficient (Wildman–Crippen LogP) is 22.8. The number of aryl methyl sites for hydroxylation is 1. The van der Waals surface area contributed by atoms with Gasteiger partial charge in [-0.3, -0.25) is 0 Å². The van der Waals surface area contributed by atoms with Crippen LogP contribution in [0.3, 0.4) is 0 Å². The van der Waals surface area contributed by atoms with Crippen LogP contribution in [0.25, 0.3) is 44.5 Å². The molecule has 12 aromatic rings. The first-order chi connectivity index (χ1) is 52.0. The van der Waals surface area contributed by atoms with Crippen LogP contribution in [0.15, 0.2) is 366 Å². The molecule has 0 aromatic heterocycles. The van der Waals surface area contributed by atoms with Crippen LogP contribution in [-0.4, -0.2) is 13.4 Å². The molecule has 2 atom stereocenters. The number of hydrogen-bond donors (Lipinski definition) is 0. The van der Waals surface area contributed by atoms with Gasteiger partial charge >= 0.3 is 0 Å². The lowest BCUT2D eigenvalue weighted by molar-refractivity contribution is 0.420. The van der Waals surface area contributed by atoms with Crippen molar-refractivity contribution in [2.45, 2.75) is 68.1 Å². The summed E-state index contributed by atoms with van der Waals surface area (Å²) in [6, 6.07) is 102. The Balaban J connectivity index is 0.839. The standard InChI is InChI=1S/C97H76B2N4OS/c1-65-29-28-44-80(72-38-16-6-17-39-72)97(65)103-88-64-93-84(63-83(88)99-82-46-23-27-50-91(82)104-92-61-76(59-89(103)95(92)99)100(74-55-51-68(52-56-74)66-30-8-2-9-31-66)85-47-24-20-42-78(85)70-34-12-4-13-35-70)98-81-45-22-26-49-87(81)102(73-40-18-7-19-41-73)90-60-77(62-94(105-93)96(90)98)101(75-57-53-69(54-58-75)67-32-10-3-11-33-67)86-48-25-21-43-79(86)71-36-14-5-15-37-71/h2,4-6,8-10,12-18,20-25,27-32,34-48,50-53,55-64,67,69H,3,7,11,19,26,33,49,54H2,1H3. The lowest BCUT2D eigenvalue weighted by atomic mass is 9.31. The molecule has 0 spiro atoms. The van der Waals surface area contributed by atoms with E-state index in [0.29, 0.717) is 11.8 Å². The summed E-state index contributed by atoms with van der Waals surface area (Å²) in [5.41, 5.74) is 32.1. The van der Waals surface area contributed by atoms with Gasteiger partial charge in [-0.1, -0.05) is 278 Å². The van der Waals surface area contributed by atoms with Crippen LogP contribution in [0, 0.1) is 18.8 Å². The molecule has 0 saturated heterocycles. The summed E-state index contributed by atoms with van der Waals surface area (Å²) in [6.45, 7) is 2.06. The van der Waals surface area contributed by atoms with Gasteiger partial charge in [-0.2, -0.15) is 0 Å². The highest BCUT2D eigenvalue weighted by molar-refractivity contribution is 8.00. The average molecular weight is 1370 g/mol. The first kappa shape index (κ1) is 63.0. The smallest absolute Gasteiger partial charge is 0.256 e. The molecular formula is C97H76B2N4OS. The second-order valence-electron chi connectivity index (χ2n) is 29.0. The lowest BCUT2D eigenvalue weighted by Crippen LogP contribution is -2.62. The molecule has 0 saturated carbocycles. The van der Waals surface area contributed by atoms with Crippen LogP contribution < -0.4 is 51.7 Å². The summed E-state index contributed by atoms with van der Waals surface area (Å²) in [4.78, 5) is 12.9. The summed E-state index contributed by atoms with van der Waals surface area (Å²) >= 11 is 1.96. The number of anilines is 9. The van der Waals surface area contributed by atoms with E-state index in [-0.39, 0.29) is 13.4 Å². The Morgan fingerprint density at radius 1 is 0.419 bits per heavy atom. The maximum Gasteiger partial charge on any atom is 0.256 e. The van der Waals surface area contributed by atoms with Crippen molar-refractivity contribution in [3.8, 4) is 56.0 Å². The van der Waals surface area contributed by atoms with Gasteiger partial charge in [-0.05, 0) is 198 Å². The summed E-state index contributed by atoms with van der Waals surface area (Å²) < 4.78 is 7.56. The summed E-state index contributed by atoms with van der Waals surface area (Å²) in [5, 5.41) is 0. The van der Waals surface area contributed by atoms with Crippen LogP contribution in [0.4, 0.5) is 51.2 Å². The van der Waals surface area contributed by atoms with Gasteiger partial charge in [0.05, 0.1) is 22.7 Å². The second kappa shape index (κ2) is 26.5.